The maximum absolute atomic E-state index is 13.5. The van der Waals surface area contributed by atoms with Gasteiger partial charge in [0.05, 0.1) is 18.1 Å². The van der Waals surface area contributed by atoms with Crippen LogP contribution >= 0.6 is 0 Å². The van der Waals surface area contributed by atoms with Gasteiger partial charge in [-0.3, -0.25) is 19.8 Å². The SMILES string of the molecule is O=C(c1ccc(N2CCOCC2)c([N+](=O)[O-])c1)N(c1ccccn1)C1CCCCC1. The number of anilines is 2. The summed E-state index contributed by atoms with van der Waals surface area (Å²) in [7, 11) is 0. The molecule has 0 atom stereocenters. The fourth-order valence-electron chi connectivity index (χ4n) is 4.31. The van der Waals surface area contributed by atoms with Crippen molar-refractivity contribution in [1.82, 2.24) is 4.98 Å². The smallest absolute Gasteiger partial charge is 0.293 e. The van der Waals surface area contributed by atoms with Crippen LogP contribution in [0.4, 0.5) is 17.2 Å². The average molecular weight is 410 g/mol. The van der Waals surface area contributed by atoms with E-state index in [4.69, 9.17) is 4.74 Å². The Balaban J connectivity index is 1.68. The van der Waals surface area contributed by atoms with E-state index in [0.717, 1.165) is 25.7 Å². The Morgan fingerprint density at radius 1 is 1.13 bits per heavy atom. The Hall–Kier alpha value is -3.00. The number of nitro groups is 1. The second-order valence-corrected chi connectivity index (χ2v) is 7.71. The number of rotatable bonds is 5. The van der Waals surface area contributed by atoms with E-state index in [0.29, 0.717) is 43.4 Å². The lowest BCUT2D eigenvalue weighted by atomic mass is 9.93. The molecular formula is C22H26N4O4. The summed E-state index contributed by atoms with van der Waals surface area (Å²) in [4.78, 5) is 33.0. The Labute approximate surface area is 175 Å². The zero-order valence-electron chi connectivity index (χ0n) is 16.9. The molecular weight excluding hydrogens is 384 g/mol. The van der Waals surface area contributed by atoms with Crippen molar-refractivity contribution >= 4 is 23.1 Å². The summed E-state index contributed by atoms with van der Waals surface area (Å²) in [6, 6.07) is 10.3. The van der Waals surface area contributed by atoms with Crippen molar-refractivity contribution in [3.63, 3.8) is 0 Å². The van der Waals surface area contributed by atoms with Gasteiger partial charge in [0.25, 0.3) is 11.6 Å². The number of pyridine rings is 1. The van der Waals surface area contributed by atoms with Crippen molar-refractivity contribution < 1.29 is 14.5 Å². The van der Waals surface area contributed by atoms with Crippen LogP contribution in [0.5, 0.6) is 0 Å². The first-order valence-corrected chi connectivity index (χ1v) is 10.5. The number of ether oxygens (including phenoxy) is 1. The van der Waals surface area contributed by atoms with Gasteiger partial charge >= 0.3 is 0 Å². The topological polar surface area (TPSA) is 88.8 Å². The molecule has 0 N–H and O–H groups in total. The fraction of sp³-hybridized carbons (Fsp3) is 0.455. The van der Waals surface area contributed by atoms with E-state index >= 15 is 0 Å². The third-order valence-corrected chi connectivity index (χ3v) is 5.83. The van der Waals surface area contributed by atoms with Gasteiger partial charge in [-0.1, -0.05) is 25.3 Å². The normalized spacial score (nSPS) is 17.5. The highest BCUT2D eigenvalue weighted by Crippen LogP contribution is 2.32. The number of nitrogens with zero attached hydrogens (tertiary/aromatic N) is 4. The number of benzene rings is 1. The van der Waals surface area contributed by atoms with E-state index in [1.807, 2.05) is 23.1 Å². The molecule has 0 bridgehead atoms. The molecule has 1 aliphatic heterocycles. The molecule has 1 amide bonds. The number of hydrogen-bond acceptors (Lipinski definition) is 6. The summed E-state index contributed by atoms with van der Waals surface area (Å²) in [5.74, 6) is 0.353. The molecule has 0 unspecified atom stereocenters. The number of morpholine rings is 1. The maximum atomic E-state index is 13.5. The van der Waals surface area contributed by atoms with Crippen LogP contribution in [0, 0.1) is 10.1 Å². The van der Waals surface area contributed by atoms with Crippen molar-refractivity contribution in [3.05, 3.63) is 58.3 Å². The zero-order valence-corrected chi connectivity index (χ0v) is 16.9. The molecule has 0 radical (unpaired) electrons. The summed E-state index contributed by atoms with van der Waals surface area (Å²) in [6.07, 6.45) is 6.80. The van der Waals surface area contributed by atoms with E-state index in [-0.39, 0.29) is 17.6 Å². The van der Waals surface area contributed by atoms with Gasteiger partial charge in [-0.25, -0.2) is 4.98 Å². The lowest BCUT2D eigenvalue weighted by Crippen LogP contribution is -2.42. The van der Waals surface area contributed by atoms with Crippen LogP contribution in [0.3, 0.4) is 0 Å². The fourth-order valence-corrected chi connectivity index (χ4v) is 4.31. The molecule has 158 valence electrons. The van der Waals surface area contributed by atoms with Crippen LogP contribution in [0.1, 0.15) is 42.5 Å². The molecule has 30 heavy (non-hydrogen) atoms. The Bertz CT molecular complexity index is 893. The van der Waals surface area contributed by atoms with Crippen molar-refractivity contribution in [3.8, 4) is 0 Å². The lowest BCUT2D eigenvalue weighted by Gasteiger charge is -2.34. The summed E-state index contributed by atoms with van der Waals surface area (Å²) >= 11 is 0. The van der Waals surface area contributed by atoms with E-state index in [9.17, 15) is 14.9 Å². The molecule has 1 saturated carbocycles. The van der Waals surface area contributed by atoms with Gasteiger partial charge in [0, 0.05) is 37.0 Å². The minimum atomic E-state index is -0.409. The molecule has 2 heterocycles. The molecule has 1 saturated heterocycles. The Morgan fingerprint density at radius 3 is 2.57 bits per heavy atom. The number of hydrogen-bond donors (Lipinski definition) is 0. The minimum absolute atomic E-state index is 0.0487. The first-order chi connectivity index (χ1) is 14.6. The number of aromatic nitrogens is 1. The monoisotopic (exact) mass is 410 g/mol. The lowest BCUT2D eigenvalue weighted by molar-refractivity contribution is -0.384. The van der Waals surface area contributed by atoms with Gasteiger partial charge in [0.1, 0.15) is 11.5 Å². The van der Waals surface area contributed by atoms with Crippen LogP contribution in [0.2, 0.25) is 0 Å². The standard InChI is InChI=1S/C22H26N4O4/c27-22(25(18-6-2-1-3-7-18)21-8-4-5-11-23-21)17-9-10-19(20(16-17)26(28)29)24-12-14-30-15-13-24/h4-5,8-11,16,18H,1-3,6-7,12-15H2. The zero-order chi connectivity index (χ0) is 20.9. The molecule has 1 aromatic carbocycles. The number of nitro benzene ring substituents is 1. The molecule has 4 rings (SSSR count). The second-order valence-electron chi connectivity index (χ2n) is 7.71. The molecule has 0 spiro atoms. The highest BCUT2D eigenvalue weighted by Gasteiger charge is 2.30. The predicted molar refractivity (Wildman–Crippen MR) is 114 cm³/mol. The molecule has 1 aliphatic carbocycles. The van der Waals surface area contributed by atoms with Crippen molar-refractivity contribution in [2.24, 2.45) is 0 Å². The van der Waals surface area contributed by atoms with E-state index in [2.05, 4.69) is 4.98 Å². The maximum Gasteiger partial charge on any atom is 0.293 e. The second kappa shape index (κ2) is 9.21. The molecule has 8 heteroatoms. The number of carbonyl (C=O) groups excluding carboxylic acids is 1. The third-order valence-electron chi connectivity index (χ3n) is 5.83. The molecule has 8 nitrogen and oxygen atoms in total. The van der Waals surface area contributed by atoms with Gasteiger partial charge in [0.2, 0.25) is 0 Å². The van der Waals surface area contributed by atoms with Crippen molar-refractivity contribution in [2.45, 2.75) is 38.1 Å². The van der Waals surface area contributed by atoms with Crippen molar-refractivity contribution in [2.75, 3.05) is 36.1 Å². The first-order valence-electron chi connectivity index (χ1n) is 10.5. The van der Waals surface area contributed by atoms with E-state index < -0.39 is 4.92 Å². The van der Waals surface area contributed by atoms with Gasteiger partial charge in [-0.15, -0.1) is 0 Å². The highest BCUT2D eigenvalue weighted by molar-refractivity contribution is 6.06. The van der Waals surface area contributed by atoms with Crippen LogP contribution < -0.4 is 9.80 Å². The third kappa shape index (κ3) is 4.28. The highest BCUT2D eigenvalue weighted by atomic mass is 16.6. The summed E-state index contributed by atoms with van der Waals surface area (Å²) in [5, 5.41) is 11.8. The average Bonchev–Trinajstić information content (AvgIpc) is 2.81. The summed E-state index contributed by atoms with van der Waals surface area (Å²) in [6.45, 7) is 2.26. The van der Waals surface area contributed by atoms with Crippen LogP contribution in [-0.2, 0) is 4.74 Å². The molecule has 2 aliphatic rings. The Kier molecular flexibility index (Phi) is 6.23. The van der Waals surface area contributed by atoms with Gasteiger partial charge in [-0.2, -0.15) is 0 Å². The van der Waals surface area contributed by atoms with Crippen LogP contribution in [0.15, 0.2) is 42.6 Å². The number of amides is 1. The van der Waals surface area contributed by atoms with Crippen molar-refractivity contribution in [1.29, 1.82) is 0 Å². The molecule has 2 aromatic rings. The van der Waals surface area contributed by atoms with Crippen LogP contribution in [-0.4, -0.2) is 48.2 Å². The van der Waals surface area contributed by atoms with Gasteiger partial charge in [-0.05, 0) is 37.1 Å². The van der Waals surface area contributed by atoms with E-state index in [1.54, 1.807) is 23.2 Å². The Morgan fingerprint density at radius 2 is 1.90 bits per heavy atom. The minimum Gasteiger partial charge on any atom is -0.378 e. The number of carbonyl (C=O) groups is 1. The predicted octanol–water partition coefficient (Wildman–Crippen LogP) is 3.81. The largest absolute Gasteiger partial charge is 0.378 e. The molecule has 1 aromatic heterocycles. The van der Waals surface area contributed by atoms with Gasteiger partial charge < -0.3 is 9.64 Å². The van der Waals surface area contributed by atoms with Gasteiger partial charge in [0.15, 0.2) is 0 Å². The summed E-state index contributed by atoms with van der Waals surface area (Å²) < 4.78 is 5.35. The first kappa shape index (κ1) is 20.3. The quantitative estimate of drug-likeness (QED) is 0.550. The molecule has 2 fully saturated rings. The van der Waals surface area contributed by atoms with Crippen LogP contribution in [0.25, 0.3) is 0 Å². The summed E-state index contributed by atoms with van der Waals surface area (Å²) in [5.41, 5.74) is 0.796. The van der Waals surface area contributed by atoms with E-state index in [1.165, 1.54) is 12.5 Å².